The van der Waals surface area contributed by atoms with Crippen molar-refractivity contribution in [2.75, 3.05) is 24.3 Å². The van der Waals surface area contributed by atoms with E-state index in [9.17, 15) is 8.42 Å². The van der Waals surface area contributed by atoms with Crippen LogP contribution in [0.25, 0.3) is 0 Å². The molecule has 5 heteroatoms. The van der Waals surface area contributed by atoms with Crippen LogP contribution in [0.1, 0.15) is 51.9 Å². The highest BCUT2D eigenvalue weighted by molar-refractivity contribution is 7.99. The minimum Gasteiger partial charge on any atom is -0.313 e. The second kappa shape index (κ2) is 9.24. The van der Waals surface area contributed by atoms with Gasteiger partial charge in [-0.25, -0.2) is 8.42 Å². The van der Waals surface area contributed by atoms with E-state index in [1.807, 2.05) is 11.8 Å². The first-order valence-corrected chi connectivity index (χ1v) is 10.6. The van der Waals surface area contributed by atoms with Gasteiger partial charge in [-0.05, 0) is 32.2 Å². The molecule has 0 aromatic heterocycles. The van der Waals surface area contributed by atoms with Crippen LogP contribution in [-0.2, 0) is 9.84 Å². The van der Waals surface area contributed by atoms with E-state index in [4.69, 9.17) is 0 Å². The summed E-state index contributed by atoms with van der Waals surface area (Å²) in [5, 5.41) is 4.30. The van der Waals surface area contributed by atoms with Gasteiger partial charge in [0.05, 0.1) is 5.75 Å². The van der Waals surface area contributed by atoms with Crippen LogP contribution in [0.15, 0.2) is 0 Å². The highest BCUT2D eigenvalue weighted by Crippen LogP contribution is 2.28. The number of rotatable bonds is 9. The van der Waals surface area contributed by atoms with Crippen molar-refractivity contribution in [3.05, 3.63) is 0 Å². The maximum absolute atomic E-state index is 11.3. The van der Waals surface area contributed by atoms with Gasteiger partial charge >= 0.3 is 0 Å². The van der Waals surface area contributed by atoms with Crippen molar-refractivity contribution in [3.63, 3.8) is 0 Å². The average molecular weight is 308 g/mol. The van der Waals surface area contributed by atoms with E-state index in [1.54, 1.807) is 0 Å². The van der Waals surface area contributed by atoms with Crippen molar-refractivity contribution < 1.29 is 8.42 Å². The summed E-state index contributed by atoms with van der Waals surface area (Å²) >= 11 is 2.05. The van der Waals surface area contributed by atoms with Crippen LogP contribution in [0.5, 0.6) is 0 Å². The van der Waals surface area contributed by atoms with Gasteiger partial charge in [0.1, 0.15) is 9.84 Å². The van der Waals surface area contributed by atoms with E-state index >= 15 is 0 Å². The Labute approximate surface area is 123 Å². The molecule has 0 saturated heterocycles. The number of hydrogen-bond donors (Lipinski definition) is 1. The molecule has 1 fully saturated rings. The molecule has 114 valence electrons. The summed E-state index contributed by atoms with van der Waals surface area (Å²) in [4.78, 5) is 0. The fourth-order valence-corrected chi connectivity index (χ4v) is 4.60. The molecule has 3 nitrogen and oxygen atoms in total. The Kier molecular flexibility index (Phi) is 8.42. The van der Waals surface area contributed by atoms with Crippen molar-refractivity contribution in [1.82, 2.24) is 5.32 Å². The third-order valence-electron chi connectivity index (χ3n) is 3.61. The predicted molar refractivity (Wildman–Crippen MR) is 85.7 cm³/mol. The van der Waals surface area contributed by atoms with E-state index in [-0.39, 0.29) is 0 Å². The molecule has 1 unspecified atom stereocenters. The van der Waals surface area contributed by atoms with Gasteiger partial charge < -0.3 is 5.32 Å². The molecule has 0 radical (unpaired) electrons. The highest BCUT2D eigenvalue weighted by Gasteiger charge is 2.17. The first-order chi connectivity index (χ1) is 9.01. The molecule has 1 saturated carbocycles. The van der Waals surface area contributed by atoms with E-state index in [0.717, 1.165) is 30.4 Å². The molecule has 1 aliphatic carbocycles. The third-order valence-corrected chi connectivity index (χ3v) is 6.12. The summed E-state index contributed by atoms with van der Waals surface area (Å²) in [7, 11) is -2.84. The van der Waals surface area contributed by atoms with Crippen LogP contribution < -0.4 is 5.32 Å². The maximum Gasteiger partial charge on any atom is 0.147 e. The molecule has 0 spiro atoms. The third kappa shape index (κ3) is 8.92. The molecule has 1 N–H and O–H groups in total. The predicted octanol–water partition coefficient (Wildman–Crippen LogP) is 2.86. The van der Waals surface area contributed by atoms with Crippen LogP contribution in [0, 0.1) is 0 Å². The first-order valence-electron chi connectivity index (χ1n) is 7.54. The van der Waals surface area contributed by atoms with Crippen LogP contribution in [-0.4, -0.2) is 44.0 Å². The van der Waals surface area contributed by atoms with Gasteiger partial charge in [-0.2, -0.15) is 11.8 Å². The minimum absolute atomic E-state index is 0.305. The Balaban J connectivity index is 2.30. The lowest BCUT2D eigenvalue weighted by Gasteiger charge is -2.24. The van der Waals surface area contributed by atoms with Gasteiger partial charge in [0.2, 0.25) is 0 Å². The van der Waals surface area contributed by atoms with Crippen LogP contribution >= 0.6 is 11.8 Å². The Morgan fingerprint density at radius 1 is 1.26 bits per heavy atom. The first kappa shape index (κ1) is 17.3. The normalized spacial score (nSPS) is 19.5. The van der Waals surface area contributed by atoms with Gasteiger partial charge in [-0.1, -0.05) is 26.2 Å². The molecular weight excluding hydrogens is 278 g/mol. The Morgan fingerprint density at radius 2 is 1.95 bits per heavy atom. The molecule has 1 rings (SSSR count). The molecular formula is C14H29NO2S2. The molecule has 1 aliphatic rings. The molecule has 0 heterocycles. The fraction of sp³-hybridized carbons (Fsp3) is 1.00. The zero-order valence-electron chi connectivity index (χ0n) is 12.4. The zero-order valence-corrected chi connectivity index (χ0v) is 14.0. The minimum atomic E-state index is -2.84. The van der Waals surface area contributed by atoms with E-state index in [0.29, 0.717) is 11.8 Å². The molecule has 19 heavy (non-hydrogen) atoms. The number of nitrogens with one attached hydrogen (secondary N) is 1. The van der Waals surface area contributed by atoms with Gasteiger partial charge in [-0.3, -0.25) is 0 Å². The van der Waals surface area contributed by atoms with Gasteiger partial charge in [0.15, 0.2) is 0 Å². The lowest BCUT2D eigenvalue weighted by molar-refractivity contribution is 0.509. The van der Waals surface area contributed by atoms with Gasteiger partial charge in [0, 0.05) is 23.3 Å². The summed E-state index contributed by atoms with van der Waals surface area (Å²) in [6.07, 6.45) is 10.00. The monoisotopic (exact) mass is 307 g/mol. The second-order valence-corrected chi connectivity index (χ2v) is 9.26. The summed E-state index contributed by atoms with van der Waals surface area (Å²) in [6, 6.07) is 0.349. The van der Waals surface area contributed by atoms with E-state index in [2.05, 4.69) is 12.2 Å². The quantitative estimate of drug-likeness (QED) is 0.711. The van der Waals surface area contributed by atoms with Crippen molar-refractivity contribution in [2.45, 2.75) is 63.2 Å². The summed E-state index contributed by atoms with van der Waals surface area (Å²) in [5.41, 5.74) is 0. The summed E-state index contributed by atoms with van der Waals surface area (Å²) in [5.74, 6) is 1.36. The zero-order chi connectivity index (χ0) is 14.1. The lowest BCUT2D eigenvalue weighted by atomic mass is 10.0. The Hall–Kier alpha value is 0.260. The van der Waals surface area contributed by atoms with Crippen molar-refractivity contribution in [2.24, 2.45) is 0 Å². The molecule has 0 bridgehead atoms. The molecule has 0 aromatic carbocycles. The summed E-state index contributed by atoms with van der Waals surface area (Å²) < 4.78 is 22.6. The second-order valence-electron chi connectivity index (χ2n) is 5.66. The van der Waals surface area contributed by atoms with Gasteiger partial charge in [0.25, 0.3) is 0 Å². The lowest BCUT2D eigenvalue weighted by Crippen LogP contribution is -2.34. The average Bonchev–Trinajstić information content (AvgIpc) is 2.38. The SMILES string of the molecule is CCCNC(CCS(C)(=O)=O)CSC1CCCCC1. The number of hydrogen-bond acceptors (Lipinski definition) is 4. The highest BCUT2D eigenvalue weighted by atomic mass is 32.2. The Bertz CT molecular complexity index is 324. The molecule has 0 aliphatic heterocycles. The topological polar surface area (TPSA) is 46.2 Å². The van der Waals surface area contributed by atoms with Crippen LogP contribution in [0.4, 0.5) is 0 Å². The van der Waals surface area contributed by atoms with E-state index < -0.39 is 9.84 Å². The molecule has 1 atom stereocenters. The summed E-state index contributed by atoms with van der Waals surface area (Å²) in [6.45, 7) is 3.13. The van der Waals surface area contributed by atoms with Crippen molar-refractivity contribution in [1.29, 1.82) is 0 Å². The fourth-order valence-electron chi connectivity index (χ4n) is 2.43. The molecule has 0 aromatic rings. The van der Waals surface area contributed by atoms with E-state index in [1.165, 1.54) is 38.4 Å². The van der Waals surface area contributed by atoms with Crippen molar-refractivity contribution >= 4 is 21.6 Å². The number of sulfone groups is 1. The maximum atomic E-state index is 11.3. The van der Waals surface area contributed by atoms with Crippen LogP contribution in [0.2, 0.25) is 0 Å². The Morgan fingerprint density at radius 3 is 2.53 bits per heavy atom. The van der Waals surface area contributed by atoms with Crippen molar-refractivity contribution in [3.8, 4) is 0 Å². The standard InChI is InChI=1S/C14H29NO2S2/c1-3-10-15-13(9-11-19(2,16)17)12-18-14-7-5-4-6-8-14/h13-15H,3-12H2,1-2H3. The van der Waals surface area contributed by atoms with Gasteiger partial charge in [-0.15, -0.1) is 0 Å². The smallest absolute Gasteiger partial charge is 0.147 e. The number of thioether (sulfide) groups is 1. The molecule has 0 amide bonds. The van der Waals surface area contributed by atoms with Crippen LogP contribution in [0.3, 0.4) is 0 Å². The largest absolute Gasteiger partial charge is 0.313 e.